The molecule has 0 aliphatic carbocycles. The van der Waals surface area contributed by atoms with Gasteiger partial charge in [-0.25, -0.2) is 4.39 Å². The molecule has 0 heterocycles. The van der Waals surface area contributed by atoms with Gasteiger partial charge in [0, 0.05) is 5.56 Å². The van der Waals surface area contributed by atoms with Crippen molar-refractivity contribution in [3.05, 3.63) is 29.6 Å². The standard InChI is InChI=1S/C13H17F4NO2/c1-3-7(2)12(19)11(18)9-6-8(4-5-10(9)14)20-13(15,16)17/h4-7,11-12,19H,3,18H2,1-2H3/t7?,11-,12+/m1/s1. The highest BCUT2D eigenvalue weighted by molar-refractivity contribution is 5.32. The lowest BCUT2D eigenvalue weighted by atomic mass is 9.91. The lowest BCUT2D eigenvalue weighted by Gasteiger charge is -2.25. The van der Waals surface area contributed by atoms with E-state index in [1.807, 2.05) is 6.92 Å². The lowest BCUT2D eigenvalue weighted by Crippen LogP contribution is -2.32. The number of aliphatic hydroxyl groups excluding tert-OH is 1. The van der Waals surface area contributed by atoms with Crippen molar-refractivity contribution in [3.8, 4) is 5.75 Å². The fourth-order valence-electron chi connectivity index (χ4n) is 1.75. The fourth-order valence-corrected chi connectivity index (χ4v) is 1.75. The first-order chi connectivity index (χ1) is 9.15. The van der Waals surface area contributed by atoms with E-state index in [9.17, 15) is 22.7 Å². The minimum atomic E-state index is -4.87. The van der Waals surface area contributed by atoms with Crippen LogP contribution in [-0.4, -0.2) is 17.6 Å². The van der Waals surface area contributed by atoms with Gasteiger partial charge in [-0.15, -0.1) is 13.2 Å². The highest BCUT2D eigenvalue weighted by Crippen LogP contribution is 2.29. The molecule has 1 unspecified atom stereocenters. The first-order valence-corrected chi connectivity index (χ1v) is 6.14. The molecule has 1 aromatic rings. The summed E-state index contributed by atoms with van der Waals surface area (Å²) >= 11 is 0. The minimum Gasteiger partial charge on any atom is -0.406 e. The van der Waals surface area contributed by atoms with E-state index in [4.69, 9.17) is 5.73 Å². The number of aliphatic hydroxyl groups is 1. The van der Waals surface area contributed by atoms with Gasteiger partial charge < -0.3 is 15.6 Å². The molecule has 0 saturated carbocycles. The number of nitrogens with two attached hydrogens (primary N) is 1. The highest BCUT2D eigenvalue weighted by Gasteiger charge is 2.32. The van der Waals surface area contributed by atoms with E-state index in [0.717, 1.165) is 18.2 Å². The molecule has 0 radical (unpaired) electrons. The van der Waals surface area contributed by atoms with Crippen molar-refractivity contribution in [1.29, 1.82) is 0 Å². The van der Waals surface area contributed by atoms with Gasteiger partial charge in [-0.1, -0.05) is 20.3 Å². The van der Waals surface area contributed by atoms with Crippen LogP contribution in [0.25, 0.3) is 0 Å². The smallest absolute Gasteiger partial charge is 0.406 e. The highest BCUT2D eigenvalue weighted by atomic mass is 19.4. The second-order valence-corrected chi connectivity index (χ2v) is 4.63. The molecule has 0 aliphatic rings. The normalized spacial score (nSPS) is 16.6. The monoisotopic (exact) mass is 295 g/mol. The molecular weight excluding hydrogens is 278 g/mol. The molecule has 3 atom stereocenters. The van der Waals surface area contributed by atoms with Gasteiger partial charge in [0.05, 0.1) is 12.1 Å². The van der Waals surface area contributed by atoms with Crippen LogP contribution in [0.5, 0.6) is 5.75 Å². The van der Waals surface area contributed by atoms with Crippen molar-refractivity contribution < 1.29 is 27.4 Å². The Morgan fingerprint density at radius 2 is 1.95 bits per heavy atom. The van der Waals surface area contributed by atoms with E-state index in [1.165, 1.54) is 0 Å². The number of benzene rings is 1. The van der Waals surface area contributed by atoms with Crippen LogP contribution in [0.3, 0.4) is 0 Å². The molecule has 0 spiro atoms. The summed E-state index contributed by atoms with van der Waals surface area (Å²) in [4.78, 5) is 0. The molecule has 3 N–H and O–H groups in total. The van der Waals surface area contributed by atoms with Gasteiger partial charge in [-0.2, -0.15) is 0 Å². The van der Waals surface area contributed by atoms with E-state index >= 15 is 0 Å². The predicted octanol–water partition coefficient (Wildman–Crippen LogP) is 3.13. The number of alkyl halides is 3. The van der Waals surface area contributed by atoms with Gasteiger partial charge in [0.2, 0.25) is 0 Å². The zero-order valence-electron chi connectivity index (χ0n) is 11.1. The molecular formula is C13H17F4NO2. The number of halogens is 4. The van der Waals surface area contributed by atoms with Crippen LogP contribution in [-0.2, 0) is 0 Å². The molecule has 0 aromatic heterocycles. The molecule has 0 bridgehead atoms. The molecule has 0 saturated heterocycles. The van der Waals surface area contributed by atoms with Crippen LogP contribution in [0.1, 0.15) is 31.9 Å². The maximum atomic E-state index is 13.7. The Morgan fingerprint density at radius 3 is 2.45 bits per heavy atom. The summed E-state index contributed by atoms with van der Waals surface area (Å²) in [5.74, 6) is -1.56. The van der Waals surface area contributed by atoms with E-state index in [-0.39, 0.29) is 11.5 Å². The van der Waals surface area contributed by atoms with Gasteiger partial charge in [-0.3, -0.25) is 0 Å². The first-order valence-electron chi connectivity index (χ1n) is 6.14. The quantitative estimate of drug-likeness (QED) is 0.821. The molecule has 3 nitrogen and oxygen atoms in total. The summed E-state index contributed by atoms with van der Waals surface area (Å²) in [7, 11) is 0. The predicted molar refractivity (Wildman–Crippen MR) is 65.5 cm³/mol. The fraction of sp³-hybridized carbons (Fsp3) is 0.538. The maximum Gasteiger partial charge on any atom is 0.573 e. The third-order valence-corrected chi connectivity index (χ3v) is 3.16. The number of hydrogen-bond donors (Lipinski definition) is 2. The van der Waals surface area contributed by atoms with Crippen LogP contribution in [0, 0.1) is 11.7 Å². The Hall–Kier alpha value is -1.34. The van der Waals surface area contributed by atoms with Gasteiger partial charge in [0.1, 0.15) is 11.6 Å². The topological polar surface area (TPSA) is 55.5 Å². The van der Waals surface area contributed by atoms with Gasteiger partial charge in [0.15, 0.2) is 0 Å². The molecule has 0 amide bonds. The lowest BCUT2D eigenvalue weighted by molar-refractivity contribution is -0.274. The molecule has 1 aromatic carbocycles. The average Bonchev–Trinajstić information content (AvgIpc) is 2.36. The van der Waals surface area contributed by atoms with Gasteiger partial charge in [0.25, 0.3) is 0 Å². The zero-order valence-corrected chi connectivity index (χ0v) is 11.1. The zero-order chi connectivity index (χ0) is 15.5. The van der Waals surface area contributed by atoms with Gasteiger partial charge >= 0.3 is 6.36 Å². The summed E-state index contributed by atoms with van der Waals surface area (Å²) in [6, 6.07) is 1.43. The van der Waals surface area contributed by atoms with Crippen molar-refractivity contribution in [2.45, 2.75) is 38.8 Å². The summed E-state index contributed by atoms with van der Waals surface area (Å²) in [6.07, 6.45) is -5.32. The number of ether oxygens (including phenoxy) is 1. The van der Waals surface area contributed by atoms with E-state index in [2.05, 4.69) is 4.74 Å². The third kappa shape index (κ3) is 4.35. The Morgan fingerprint density at radius 1 is 1.35 bits per heavy atom. The SMILES string of the molecule is CCC(C)[C@H](O)[C@H](N)c1cc(OC(F)(F)F)ccc1F. The molecule has 20 heavy (non-hydrogen) atoms. The molecule has 0 fully saturated rings. The Labute approximate surface area is 114 Å². The first kappa shape index (κ1) is 16.7. The van der Waals surface area contributed by atoms with Crippen LogP contribution in [0.15, 0.2) is 18.2 Å². The van der Waals surface area contributed by atoms with Gasteiger partial charge in [-0.05, 0) is 24.1 Å². The van der Waals surface area contributed by atoms with E-state index < -0.39 is 30.1 Å². The second-order valence-electron chi connectivity index (χ2n) is 4.63. The Balaban J connectivity index is 3.02. The van der Waals surface area contributed by atoms with Crippen LogP contribution < -0.4 is 10.5 Å². The van der Waals surface area contributed by atoms with Crippen molar-refractivity contribution >= 4 is 0 Å². The summed E-state index contributed by atoms with van der Waals surface area (Å²) < 4.78 is 53.7. The number of rotatable bonds is 5. The van der Waals surface area contributed by atoms with Crippen molar-refractivity contribution in [2.24, 2.45) is 11.7 Å². The Bertz CT molecular complexity index is 450. The average molecular weight is 295 g/mol. The Kier molecular flexibility index (Phi) is 5.35. The largest absolute Gasteiger partial charge is 0.573 e. The minimum absolute atomic E-state index is 0.209. The van der Waals surface area contributed by atoms with Crippen molar-refractivity contribution in [2.75, 3.05) is 0 Å². The molecule has 114 valence electrons. The van der Waals surface area contributed by atoms with Crippen molar-refractivity contribution in [1.82, 2.24) is 0 Å². The molecule has 1 rings (SSSR count). The third-order valence-electron chi connectivity index (χ3n) is 3.16. The summed E-state index contributed by atoms with van der Waals surface area (Å²) in [6.45, 7) is 3.54. The second kappa shape index (κ2) is 6.41. The summed E-state index contributed by atoms with van der Waals surface area (Å²) in [5, 5.41) is 9.93. The van der Waals surface area contributed by atoms with Crippen LogP contribution >= 0.6 is 0 Å². The van der Waals surface area contributed by atoms with Crippen LogP contribution in [0.4, 0.5) is 17.6 Å². The maximum absolute atomic E-state index is 13.7. The van der Waals surface area contributed by atoms with Crippen molar-refractivity contribution in [3.63, 3.8) is 0 Å². The number of hydrogen-bond acceptors (Lipinski definition) is 3. The van der Waals surface area contributed by atoms with E-state index in [1.54, 1.807) is 6.92 Å². The molecule has 0 aliphatic heterocycles. The molecule has 7 heteroatoms. The summed E-state index contributed by atoms with van der Waals surface area (Å²) in [5.41, 5.74) is 5.51. The van der Waals surface area contributed by atoms with E-state index in [0.29, 0.717) is 6.42 Å². The van der Waals surface area contributed by atoms with Crippen LogP contribution in [0.2, 0.25) is 0 Å².